The SMILES string of the molecule is CC1(C)Cc2nc(CC3CCCO3)sc2C(N)C1. The summed E-state index contributed by atoms with van der Waals surface area (Å²) in [5.41, 5.74) is 7.82. The Bertz CT molecular complexity index is 435. The highest BCUT2D eigenvalue weighted by Gasteiger charge is 2.33. The van der Waals surface area contributed by atoms with Crippen molar-refractivity contribution >= 4 is 11.3 Å². The molecule has 1 aliphatic carbocycles. The van der Waals surface area contributed by atoms with Gasteiger partial charge in [-0.3, -0.25) is 0 Å². The first-order valence-electron chi connectivity index (χ1n) is 6.89. The number of nitrogens with zero attached hydrogens (tertiary/aromatic N) is 1. The molecule has 0 aromatic carbocycles. The Morgan fingerprint density at radius 2 is 2.33 bits per heavy atom. The molecule has 0 amide bonds. The molecule has 0 radical (unpaired) electrons. The fraction of sp³-hybridized carbons (Fsp3) is 0.786. The number of hydrogen-bond acceptors (Lipinski definition) is 4. The molecule has 2 atom stereocenters. The molecule has 18 heavy (non-hydrogen) atoms. The molecule has 2 heterocycles. The Morgan fingerprint density at radius 1 is 1.50 bits per heavy atom. The van der Waals surface area contributed by atoms with Crippen LogP contribution < -0.4 is 5.73 Å². The van der Waals surface area contributed by atoms with Gasteiger partial charge in [-0.1, -0.05) is 13.8 Å². The van der Waals surface area contributed by atoms with E-state index in [0.717, 1.165) is 25.9 Å². The fourth-order valence-electron chi connectivity index (χ4n) is 3.13. The molecule has 4 heteroatoms. The third kappa shape index (κ3) is 2.46. The lowest BCUT2D eigenvalue weighted by Gasteiger charge is -2.32. The van der Waals surface area contributed by atoms with Gasteiger partial charge in [0.25, 0.3) is 0 Å². The van der Waals surface area contributed by atoms with Crippen molar-refractivity contribution in [3.05, 3.63) is 15.6 Å². The van der Waals surface area contributed by atoms with Gasteiger partial charge in [-0.25, -0.2) is 4.98 Å². The predicted octanol–water partition coefficient (Wildman–Crippen LogP) is 2.84. The van der Waals surface area contributed by atoms with Gasteiger partial charge in [0, 0.05) is 23.9 Å². The van der Waals surface area contributed by atoms with Crippen molar-refractivity contribution in [2.45, 2.75) is 58.1 Å². The Balaban J connectivity index is 1.79. The number of hydrogen-bond donors (Lipinski definition) is 1. The summed E-state index contributed by atoms with van der Waals surface area (Å²) in [6, 6.07) is 0.180. The van der Waals surface area contributed by atoms with E-state index < -0.39 is 0 Å². The number of ether oxygens (including phenoxy) is 1. The standard InChI is InChI=1S/C14H22N2OS/c1-14(2)7-10(15)13-11(8-14)16-12(18-13)6-9-4-3-5-17-9/h9-10H,3-8,15H2,1-2H3. The summed E-state index contributed by atoms with van der Waals surface area (Å²) < 4.78 is 5.69. The van der Waals surface area contributed by atoms with E-state index in [1.54, 1.807) is 0 Å². The van der Waals surface area contributed by atoms with Crippen LogP contribution in [0.2, 0.25) is 0 Å². The lowest BCUT2D eigenvalue weighted by Crippen LogP contribution is -2.28. The maximum Gasteiger partial charge on any atom is 0.0957 e. The summed E-state index contributed by atoms with van der Waals surface area (Å²) in [5, 5.41) is 1.22. The van der Waals surface area contributed by atoms with Crippen molar-refractivity contribution in [3.63, 3.8) is 0 Å². The van der Waals surface area contributed by atoms with E-state index in [-0.39, 0.29) is 6.04 Å². The number of rotatable bonds is 2. The lowest BCUT2D eigenvalue weighted by atomic mass is 9.77. The Labute approximate surface area is 113 Å². The molecule has 3 nitrogen and oxygen atoms in total. The average Bonchev–Trinajstić information content (AvgIpc) is 2.86. The van der Waals surface area contributed by atoms with Gasteiger partial charge in [0.2, 0.25) is 0 Å². The summed E-state index contributed by atoms with van der Waals surface area (Å²) in [5.74, 6) is 0. The molecule has 0 spiro atoms. The molecule has 1 aromatic rings. The Kier molecular flexibility index (Phi) is 3.20. The van der Waals surface area contributed by atoms with Gasteiger partial charge in [0.1, 0.15) is 0 Å². The third-order valence-corrected chi connectivity index (χ3v) is 5.21. The molecular weight excluding hydrogens is 244 g/mol. The minimum atomic E-state index is 0.180. The summed E-state index contributed by atoms with van der Waals surface area (Å²) >= 11 is 1.81. The molecule has 1 aliphatic heterocycles. The average molecular weight is 266 g/mol. The maximum absolute atomic E-state index is 6.28. The van der Waals surface area contributed by atoms with E-state index >= 15 is 0 Å². The van der Waals surface area contributed by atoms with Crippen molar-refractivity contribution in [1.29, 1.82) is 0 Å². The summed E-state index contributed by atoms with van der Waals surface area (Å²) in [6.45, 7) is 5.49. The number of nitrogens with two attached hydrogens (primary N) is 1. The van der Waals surface area contributed by atoms with Crippen LogP contribution in [0.15, 0.2) is 0 Å². The molecule has 2 N–H and O–H groups in total. The quantitative estimate of drug-likeness (QED) is 0.895. The first kappa shape index (κ1) is 12.6. The monoisotopic (exact) mass is 266 g/mol. The van der Waals surface area contributed by atoms with Crippen molar-refractivity contribution in [2.24, 2.45) is 11.1 Å². The largest absolute Gasteiger partial charge is 0.378 e. The van der Waals surface area contributed by atoms with Gasteiger partial charge < -0.3 is 10.5 Å². The second kappa shape index (κ2) is 4.58. The molecule has 1 fully saturated rings. The number of aromatic nitrogens is 1. The van der Waals surface area contributed by atoms with Gasteiger partial charge in [-0.05, 0) is 31.1 Å². The molecule has 3 rings (SSSR count). The minimum Gasteiger partial charge on any atom is -0.378 e. The number of fused-ring (bicyclic) bond motifs is 1. The molecular formula is C14H22N2OS. The second-order valence-corrected chi connectivity index (χ2v) is 7.52. The zero-order valence-corrected chi connectivity index (χ0v) is 12.1. The molecule has 0 saturated carbocycles. The van der Waals surface area contributed by atoms with Crippen LogP contribution in [0, 0.1) is 5.41 Å². The topological polar surface area (TPSA) is 48.1 Å². The lowest BCUT2D eigenvalue weighted by molar-refractivity contribution is 0.111. The Morgan fingerprint density at radius 3 is 3.06 bits per heavy atom. The first-order valence-corrected chi connectivity index (χ1v) is 7.71. The molecule has 1 saturated heterocycles. The van der Waals surface area contributed by atoms with E-state index in [1.807, 2.05) is 11.3 Å². The highest BCUT2D eigenvalue weighted by atomic mass is 32.1. The van der Waals surface area contributed by atoms with Crippen LogP contribution >= 0.6 is 11.3 Å². The van der Waals surface area contributed by atoms with Crippen molar-refractivity contribution < 1.29 is 4.74 Å². The van der Waals surface area contributed by atoms with Gasteiger partial charge in [0.05, 0.1) is 16.8 Å². The fourth-order valence-corrected chi connectivity index (χ4v) is 4.28. The van der Waals surface area contributed by atoms with E-state index in [0.29, 0.717) is 11.5 Å². The van der Waals surface area contributed by atoms with Crippen LogP contribution in [0.5, 0.6) is 0 Å². The van der Waals surface area contributed by atoms with Crippen LogP contribution in [-0.4, -0.2) is 17.7 Å². The third-order valence-electron chi connectivity index (χ3n) is 3.95. The normalized spacial score (nSPS) is 30.4. The zero-order chi connectivity index (χ0) is 12.8. The van der Waals surface area contributed by atoms with Crippen LogP contribution in [0.3, 0.4) is 0 Å². The van der Waals surface area contributed by atoms with E-state index in [2.05, 4.69) is 13.8 Å². The van der Waals surface area contributed by atoms with E-state index in [9.17, 15) is 0 Å². The van der Waals surface area contributed by atoms with Crippen LogP contribution in [0.4, 0.5) is 0 Å². The summed E-state index contributed by atoms with van der Waals surface area (Å²) in [6.07, 6.45) is 5.89. The van der Waals surface area contributed by atoms with Crippen molar-refractivity contribution in [1.82, 2.24) is 4.98 Å². The first-order chi connectivity index (χ1) is 8.53. The Hall–Kier alpha value is -0.450. The highest BCUT2D eigenvalue weighted by molar-refractivity contribution is 7.11. The van der Waals surface area contributed by atoms with Crippen molar-refractivity contribution in [3.8, 4) is 0 Å². The van der Waals surface area contributed by atoms with Crippen molar-refractivity contribution in [2.75, 3.05) is 6.61 Å². The molecule has 2 unspecified atom stereocenters. The molecule has 100 valence electrons. The molecule has 0 bridgehead atoms. The van der Waals surface area contributed by atoms with Crippen LogP contribution in [0.25, 0.3) is 0 Å². The van der Waals surface area contributed by atoms with Crippen LogP contribution in [-0.2, 0) is 17.6 Å². The maximum atomic E-state index is 6.28. The van der Waals surface area contributed by atoms with Gasteiger partial charge >= 0.3 is 0 Å². The van der Waals surface area contributed by atoms with E-state index in [4.69, 9.17) is 15.5 Å². The second-order valence-electron chi connectivity index (χ2n) is 6.41. The van der Waals surface area contributed by atoms with Gasteiger partial charge in [-0.2, -0.15) is 0 Å². The summed E-state index contributed by atoms with van der Waals surface area (Å²) in [7, 11) is 0. The van der Waals surface area contributed by atoms with Gasteiger partial charge in [0.15, 0.2) is 0 Å². The van der Waals surface area contributed by atoms with E-state index in [1.165, 1.54) is 28.4 Å². The predicted molar refractivity (Wildman–Crippen MR) is 73.8 cm³/mol. The van der Waals surface area contributed by atoms with Gasteiger partial charge in [-0.15, -0.1) is 11.3 Å². The highest BCUT2D eigenvalue weighted by Crippen LogP contribution is 2.42. The zero-order valence-electron chi connectivity index (χ0n) is 11.2. The molecule has 1 aromatic heterocycles. The van der Waals surface area contributed by atoms with Crippen LogP contribution in [0.1, 0.15) is 54.7 Å². The molecule has 2 aliphatic rings. The smallest absolute Gasteiger partial charge is 0.0957 e. The summed E-state index contributed by atoms with van der Waals surface area (Å²) in [4.78, 5) is 6.14. The minimum absolute atomic E-state index is 0.180. The number of thiazole rings is 1.